The number of rotatable bonds is 2. The van der Waals surface area contributed by atoms with Gasteiger partial charge in [-0.1, -0.05) is 0 Å². The van der Waals surface area contributed by atoms with Gasteiger partial charge in [-0.05, 0) is 20.3 Å². The molecule has 2 rings (SSSR count). The lowest BCUT2D eigenvalue weighted by Crippen LogP contribution is -2.38. The maximum absolute atomic E-state index is 11.6. The van der Waals surface area contributed by atoms with Gasteiger partial charge in [-0.25, -0.2) is 18.2 Å². The SMILES string of the molecule is Cc1nc(NC(=O)NC2CCS(=O)(=O)C2)sc1C. The van der Waals surface area contributed by atoms with Crippen LogP contribution in [-0.4, -0.2) is 37.0 Å². The quantitative estimate of drug-likeness (QED) is 0.852. The molecule has 1 aliphatic heterocycles. The van der Waals surface area contributed by atoms with Crippen LogP contribution in [0, 0.1) is 13.8 Å². The number of hydrogen-bond acceptors (Lipinski definition) is 5. The molecule has 100 valence electrons. The number of amides is 2. The Morgan fingerprint density at radius 2 is 2.17 bits per heavy atom. The van der Waals surface area contributed by atoms with Crippen molar-refractivity contribution in [3.05, 3.63) is 10.6 Å². The van der Waals surface area contributed by atoms with E-state index in [0.29, 0.717) is 11.6 Å². The van der Waals surface area contributed by atoms with Gasteiger partial charge in [0.2, 0.25) is 0 Å². The summed E-state index contributed by atoms with van der Waals surface area (Å²) < 4.78 is 22.5. The summed E-state index contributed by atoms with van der Waals surface area (Å²) in [5.74, 6) is 0.170. The predicted octanol–water partition coefficient (Wildman–Crippen LogP) is 1.07. The van der Waals surface area contributed by atoms with Crippen LogP contribution in [0.5, 0.6) is 0 Å². The molecule has 0 bridgehead atoms. The van der Waals surface area contributed by atoms with E-state index >= 15 is 0 Å². The molecule has 1 unspecified atom stereocenters. The highest BCUT2D eigenvalue weighted by Crippen LogP contribution is 2.21. The van der Waals surface area contributed by atoms with Crippen LogP contribution in [0.2, 0.25) is 0 Å². The summed E-state index contributed by atoms with van der Waals surface area (Å²) in [7, 11) is -2.97. The van der Waals surface area contributed by atoms with E-state index in [1.807, 2.05) is 13.8 Å². The number of thiazole rings is 1. The molecule has 0 aromatic carbocycles. The van der Waals surface area contributed by atoms with E-state index in [-0.39, 0.29) is 17.5 Å². The van der Waals surface area contributed by atoms with Crippen LogP contribution in [-0.2, 0) is 9.84 Å². The number of nitrogens with one attached hydrogen (secondary N) is 2. The summed E-state index contributed by atoms with van der Waals surface area (Å²) in [6, 6.07) is -0.692. The number of nitrogens with zero attached hydrogens (tertiary/aromatic N) is 1. The second kappa shape index (κ2) is 4.85. The van der Waals surface area contributed by atoms with Crippen LogP contribution in [0.25, 0.3) is 0 Å². The normalized spacial score (nSPS) is 21.8. The highest BCUT2D eigenvalue weighted by Gasteiger charge is 2.29. The second-order valence-electron chi connectivity index (χ2n) is 4.36. The Labute approximate surface area is 110 Å². The van der Waals surface area contributed by atoms with Crippen LogP contribution in [0.4, 0.5) is 9.93 Å². The van der Waals surface area contributed by atoms with E-state index in [0.717, 1.165) is 10.6 Å². The molecule has 1 aliphatic rings. The Hall–Kier alpha value is -1.15. The van der Waals surface area contributed by atoms with Crippen molar-refractivity contribution in [2.45, 2.75) is 26.3 Å². The molecule has 18 heavy (non-hydrogen) atoms. The summed E-state index contributed by atoms with van der Waals surface area (Å²) >= 11 is 1.40. The van der Waals surface area contributed by atoms with E-state index in [2.05, 4.69) is 15.6 Å². The number of aryl methyl sites for hydroxylation is 2. The molecule has 1 aromatic heterocycles. The minimum atomic E-state index is -2.97. The molecular weight excluding hydrogens is 274 g/mol. The summed E-state index contributed by atoms with van der Waals surface area (Å²) in [5, 5.41) is 5.80. The molecule has 1 aromatic rings. The van der Waals surface area contributed by atoms with Gasteiger partial charge in [0, 0.05) is 10.9 Å². The van der Waals surface area contributed by atoms with Crippen LogP contribution in [0.15, 0.2) is 0 Å². The van der Waals surface area contributed by atoms with Gasteiger partial charge >= 0.3 is 6.03 Å². The van der Waals surface area contributed by atoms with Gasteiger partial charge in [-0.2, -0.15) is 0 Å². The molecule has 0 spiro atoms. The number of aromatic nitrogens is 1. The molecule has 6 nitrogen and oxygen atoms in total. The van der Waals surface area contributed by atoms with Crippen molar-refractivity contribution in [1.82, 2.24) is 10.3 Å². The van der Waals surface area contributed by atoms with E-state index in [1.54, 1.807) is 0 Å². The number of carbonyl (C=O) groups is 1. The summed E-state index contributed by atoms with van der Waals surface area (Å²) in [6.07, 6.45) is 0.478. The smallest absolute Gasteiger partial charge is 0.321 e. The number of carbonyl (C=O) groups excluding carboxylic acids is 1. The minimum Gasteiger partial charge on any atom is -0.334 e. The van der Waals surface area contributed by atoms with Crippen molar-refractivity contribution in [3.8, 4) is 0 Å². The van der Waals surface area contributed by atoms with Crippen LogP contribution in [0.3, 0.4) is 0 Å². The zero-order valence-corrected chi connectivity index (χ0v) is 11.8. The number of anilines is 1. The molecule has 0 radical (unpaired) electrons. The summed E-state index contributed by atoms with van der Waals surface area (Å²) in [6.45, 7) is 3.80. The van der Waals surface area contributed by atoms with Gasteiger partial charge < -0.3 is 5.32 Å². The third-order valence-electron chi connectivity index (χ3n) is 2.82. The lowest BCUT2D eigenvalue weighted by atomic mass is 10.3. The number of sulfone groups is 1. The Kier molecular flexibility index (Phi) is 3.58. The fraction of sp³-hybridized carbons (Fsp3) is 0.600. The largest absolute Gasteiger partial charge is 0.334 e. The maximum Gasteiger partial charge on any atom is 0.321 e. The maximum atomic E-state index is 11.6. The lowest BCUT2D eigenvalue weighted by molar-refractivity contribution is 0.249. The zero-order chi connectivity index (χ0) is 13.3. The van der Waals surface area contributed by atoms with Crippen LogP contribution in [0.1, 0.15) is 17.0 Å². The topological polar surface area (TPSA) is 88.2 Å². The lowest BCUT2D eigenvalue weighted by Gasteiger charge is -2.10. The van der Waals surface area contributed by atoms with Gasteiger partial charge in [-0.3, -0.25) is 5.32 Å². The van der Waals surface area contributed by atoms with Crippen molar-refractivity contribution in [2.24, 2.45) is 0 Å². The molecule has 2 amide bonds. The molecular formula is C10H15N3O3S2. The summed E-state index contributed by atoms with van der Waals surface area (Å²) in [5.41, 5.74) is 0.888. The Bertz CT molecular complexity index is 545. The molecule has 0 saturated carbocycles. The number of hydrogen-bond donors (Lipinski definition) is 2. The minimum absolute atomic E-state index is 0.0242. The monoisotopic (exact) mass is 289 g/mol. The molecule has 1 atom stereocenters. The molecule has 8 heteroatoms. The van der Waals surface area contributed by atoms with Crippen molar-refractivity contribution < 1.29 is 13.2 Å². The first-order valence-corrected chi connectivity index (χ1v) is 8.21. The van der Waals surface area contributed by atoms with Crippen molar-refractivity contribution in [2.75, 3.05) is 16.8 Å². The average Bonchev–Trinajstić information content (AvgIpc) is 2.71. The molecule has 0 aliphatic carbocycles. The first-order chi connectivity index (χ1) is 8.35. The standard InChI is InChI=1S/C10H15N3O3S2/c1-6-7(2)17-10(11-6)13-9(14)12-8-3-4-18(15,16)5-8/h8H,3-5H2,1-2H3,(H2,11,12,13,14). The third-order valence-corrected chi connectivity index (χ3v) is 5.57. The number of urea groups is 1. The Balaban J connectivity index is 1.90. The van der Waals surface area contributed by atoms with Crippen LogP contribution < -0.4 is 10.6 Å². The predicted molar refractivity (Wildman–Crippen MR) is 70.8 cm³/mol. The molecule has 1 saturated heterocycles. The van der Waals surface area contributed by atoms with E-state index in [1.165, 1.54) is 11.3 Å². The van der Waals surface area contributed by atoms with E-state index in [9.17, 15) is 13.2 Å². The van der Waals surface area contributed by atoms with Crippen molar-refractivity contribution >= 4 is 32.3 Å². The fourth-order valence-electron chi connectivity index (χ4n) is 1.75. The highest BCUT2D eigenvalue weighted by atomic mass is 32.2. The van der Waals surface area contributed by atoms with Gasteiger partial charge in [0.1, 0.15) is 0 Å². The van der Waals surface area contributed by atoms with E-state index in [4.69, 9.17) is 0 Å². The van der Waals surface area contributed by atoms with Crippen molar-refractivity contribution in [1.29, 1.82) is 0 Å². The highest BCUT2D eigenvalue weighted by molar-refractivity contribution is 7.91. The molecule has 2 N–H and O–H groups in total. The van der Waals surface area contributed by atoms with Crippen LogP contribution >= 0.6 is 11.3 Å². The van der Waals surface area contributed by atoms with Gasteiger partial charge in [-0.15, -0.1) is 11.3 Å². The third kappa shape index (κ3) is 3.20. The molecule has 2 heterocycles. The summed E-state index contributed by atoms with van der Waals surface area (Å²) in [4.78, 5) is 16.9. The molecule has 1 fully saturated rings. The van der Waals surface area contributed by atoms with E-state index < -0.39 is 15.9 Å². The second-order valence-corrected chi connectivity index (χ2v) is 7.79. The van der Waals surface area contributed by atoms with Gasteiger partial charge in [0.25, 0.3) is 0 Å². The fourth-order valence-corrected chi connectivity index (χ4v) is 4.24. The zero-order valence-electron chi connectivity index (χ0n) is 10.2. The Morgan fingerprint density at radius 1 is 1.44 bits per heavy atom. The van der Waals surface area contributed by atoms with Gasteiger partial charge in [0.15, 0.2) is 15.0 Å². The average molecular weight is 289 g/mol. The first kappa shape index (κ1) is 13.3. The van der Waals surface area contributed by atoms with Gasteiger partial charge in [0.05, 0.1) is 17.2 Å². The van der Waals surface area contributed by atoms with Crippen molar-refractivity contribution in [3.63, 3.8) is 0 Å². The Morgan fingerprint density at radius 3 is 2.67 bits per heavy atom. The first-order valence-electron chi connectivity index (χ1n) is 5.58.